The molecule has 22 heavy (non-hydrogen) atoms. The molecule has 4 nitrogen and oxygen atoms in total. The molecule has 1 aromatic heterocycles. The topological polar surface area (TPSA) is 47.1 Å². The summed E-state index contributed by atoms with van der Waals surface area (Å²) in [5.41, 5.74) is 7.14. The summed E-state index contributed by atoms with van der Waals surface area (Å²) in [7, 11) is 0. The molecule has 2 aromatic rings. The minimum absolute atomic E-state index is 0.643. The van der Waals surface area contributed by atoms with E-state index in [1.54, 1.807) is 0 Å². The van der Waals surface area contributed by atoms with Gasteiger partial charge in [0.2, 0.25) is 0 Å². The molecule has 1 aromatic carbocycles. The summed E-state index contributed by atoms with van der Waals surface area (Å²) < 4.78 is 2.06. The van der Waals surface area contributed by atoms with E-state index in [2.05, 4.69) is 40.7 Å². The molecule has 0 bridgehead atoms. The molecule has 0 aliphatic rings. The van der Waals surface area contributed by atoms with Crippen LogP contribution in [0.25, 0.3) is 10.9 Å². The van der Waals surface area contributed by atoms with Crippen LogP contribution < -0.4 is 5.73 Å². The average molecular weight is 302 g/mol. The van der Waals surface area contributed by atoms with Gasteiger partial charge in [-0.15, -0.1) is 0 Å². The molecule has 0 atom stereocenters. The Kier molecular flexibility index (Phi) is 6.72. The SMILES string of the molecule is CCCCN(CCCC)CCCn1nc(N)c2ccccc21. The first kappa shape index (κ1) is 16.8. The summed E-state index contributed by atoms with van der Waals surface area (Å²) in [4.78, 5) is 2.60. The van der Waals surface area contributed by atoms with E-state index in [0.717, 1.165) is 30.4 Å². The number of hydrogen-bond acceptors (Lipinski definition) is 3. The van der Waals surface area contributed by atoms with Gasteiger partial charge < -0.3 is 10.6 Å². The number of aromatic nitrogens is 2. The van der Waals surface area contributed by atoms with Crippen LogP contribution in [0.2, 0.25) is 0 Å². The fraction of sp³-hybridized carbons (Fsp3) is 0.611. The Hall–Kier alpha value is -1.55. The third-order valence-corrected chi connectivity index (χ3v) is 4.19. The zero-order chi connectivity index (χ0) is 15.8. The summed E-state index contributed by atoms with van der Waals surface area (Å²) in [6, 6.07) is 8.21. The van der Waals surface area contributed by atoms with Crippen molar-refractivity contribution in [3.8, 4) is 0 Å². The van der Waals surface area contributed by atoms with Crippen LogP contribution in [0, 0.1) is 0 Å². The molecule has 2 N–H and O–H groups in total. The lowest BCUT2D eigenvalue weighted by atomic mass is 10.2. The molecule has 0 aliphatic heterocycles. The second-order valence-electron chi connectivity index (χ2n) is 6.03. The maximum atomic E-state index is 6.00. The van der Waals surface area contributed by atoms with E-state index in [0.29, 0.717) is 5.82 Å². The lowest BCUT2D eigenvalue weighted by Gasteiger charge is -2.21. The van der Waals surface area contributed by atoms with Gasteiger partial charge in [0.1, 0.15) is 0 Å². The smallest absolute Gasteiger partial charge is 0.153 e. The van der Waals surface area contributed by atoms with Crippen LogP contribution in [0.15, 0.2) is 24.3 Å². The van der Waals surface area contributed by atoms with Gasteiger partial charge in [0.15, 0.2) is 5.82 Å². The molecule has 0 radical (unpaired) electrons. The van der Waals surface area contributed by atoms with Gasteiger partial charge in [-0.1, -0.05) is 38.8 Å². The van der Waals surface area contributed by atoms with E-state index < -0.39 is 0 Å². The van der Waals surface area contributed by atoms with E-state index in [1.165, 1.54) is 38.8 Å². The van der Waals surface area contributed by atoms with Gasteiger partial charge in [0.25, 0.3) is 0 Å². The second kappa shape index (κ2) is 8.79. The Bertz CT molecular complexity index is 553. The van der Waals surface area contributed by atoms with Gasteiger partial charge in [-0.3, -0.25) is 4.68 Å². The summed E-state index contributed by atoms with van der Waals surface area (Å²) >= 11 is 0. The molecule has 0 aliphatic carbocycles. The van der Waals surface area contributed by atoms with E-state index in [4.69, 9.17) is 5.73 Å². The Balaban J connectivity index is 1.90. The first-order valence-electron chi connectivity index (χ1n) is 8.69. The quantitative estimate of drug-likeness (QED) is 0.724. The van der Waals surface area contributed by atoms with Gasteiger partial charge in [0, 0.05) is 11.9 Å². The molecular weight excluding hydrogens is 272 g/mol. The minimum Gasteiger partial charge on any atom is -0.382 e. The third-order valence-electron chi connectivity index (χ3n) is 4.19. The number of fused-ring (bicyclic) bond motifs is 1. The molecule has 2 rings (SSSR count). The average Bonchev–Trinajstić information content (AvgIpc) is 2.86. The molecule has 0 fully saturated rings. The van der Waals surface area contributed by atoms with Crippen LogP contribution in [0.5, 0.6) is 0 Å². The summed E-state index contributed by atoms with van der Waals surface area (Å²) in [6.07, 6.45) is 6.24. The zero-order valence-corrected chi connectivity index (χ0v) is 14.1. The zero-order valence-electron chi connectivity index (χ0n) is 14.1. The first-order valence-corrected chi connectivity index (χ1v) is 8.69. The number of aryl methyl sites for hydroxylation is 1. The van der Waals surface area contributed by atoms with E-state index in [9.17, 15) is 0 Å². The maximum Gasteiger partial charge on any atom is 0.153 e. The Morgan fingerprint density at radius 2 is 1.64 bits per heavy atom. The highest BCUT2D eigenvalue weighted by Crippen LogP contribution is 2.20. The van der Waals surface area contributed by atoms with Gasteiger partial charge in [0.05, 0.1) is 5.52 Å². The normalized spacial score (nSPS) is 11.6. The minimum atomic E-state index is 0.643. The summed E-state index contributed by atoms with van der Waals surface area (Å²) in [5, 5.41) is 5.55. The molecule has 4 heteroatoms. The van der Waals surface area contributed by atoms with Crippen LogP contribution in [0.1, 0.15) is 46.0 Å². The highest BCUT2D eigenvalue weighted by atomic mass is 15.3. The highest BCUT2D eigenvalue weighted by molar-refractivity contribution is 5.88. The molecule has 0 amide bonds. The van der Waals surface area contributed by atoms with E-state index in [-0.39, 0.29) is 0 Å². The molecule has 122 valence electrons. The predicted octanol–water partition coefficient (Wildman–Crippen LogP) is 3.91. The van der Waals surface area contributed by atoms with Crippen molar-refractivity contribution in [3.63, 3.8) is 0 Å². The molecule has 0 unspecified atom stereocenters. The van der Waals surface area contributed by atoms with Gasteiger partial charge in [-0.2, -0.15) is 5.10 Å². The van der Waals surface area contributed by atoms with Crippen molar-refractivity contribution in [1.29, 1.82) is 0 Å². The Morgan fingerprint density at radius 3 is 2.32 bits per heavy atom. The van der Waals surface area contributed by atoms with Gasteiger partial charge in [-0.25, -0.2) is 0 Å². The summed E-state index contributed by atoms with van der Waals surface area (Å²) in [5.74, 6) is 0.643. The lowest BCUT2D eigenvalue weighted by Crippen LogP contribution is -2.28. The number of anilines is 1. The number of para-hydroxylation sites is 1. The van der Waals surface area contributed by atoms with Crippen LogP contribution >= 0.6 is 0 Å². The van der Waals surface area contributed by atoms with E-state index >= 15 is 0 Å². The number of hydrogen-bond donors (Lipinski definition) is 1. The predicted molar refractivity (Wildman–Crippen MR) is 95.0 cm³/mol. The van der Waals surface area contributed by atoms with Crippen molar-refractivity contribution in [2.24, 2.45) is 0 Å². The van der Waals surface area contributed by atoms with Crippen molar-refractivity contribution < 1.29 is 0 Å². The van der Waals surface area contributed by atoms with Gasteiger partial charge >= 0.3 is 0 Å². The van der Waals surface area contributed by atoms with Crippen LogP contribution in [-0.2, 0) is 6.54 Å². The van der Waals surface area contributed by atoms with Crippen molar-refractivity contribution in [2.75, 3.05) is 25.4 Å². The van der Waals surface area contributed by atoms with Gasteiger partial charge in [-0.05, 0) is 51.0 Å². The van der Waals surface area contributed by atoms with Crippen LogP contribution in [0.4, 0.5) is 5.82 Å². The lowest BCUT2D eigenvalue weighted by molar-refractivity contribution is 0.256. The van der Waals surface area contributed by atoms with Crippen molar-refractivity contribution in [1.82, 2.24) is 14.7 Å². The van der Waals surface area contributed by atoms with Crippen molar-refractivity contribution >= 4 is 16.7 Å². The highest BCUT2D eigenvalue weighted by Gasteiger charge is 2.08. The largest absolute Gasteiger partial charge is 0.382 e. The third kappa shape index (κ3) is 4.47. The first-order chi connectivity index (χ1) is 10.8. The van der Waals surface area contributed by atoms with Crippen molar-refractivity contribution in [3.05, 3.63) is 24.3 Å². The number of unbranched alkanes of at least 4 members (excludes halogenated alkanes) is 2. The maximum absolute atomic E-state index is 6.00. The number of nitrogens with two attached hydrogens (primary N) is 1. The molecule has 0 spiro atoms. The van der Waals surface area contributed by atoms with E-state index in [1.807, 2.05) is 12.1 Å². The molecular formula is C18H30N4. The number of nitrogens with zero attached hydrogens (tertiary/aromatic N) is 3. The fourth-order valence-corrected chi connectivity index (χ4v) is 2.87. The van der Waals surface area contributed by atoms with Crippen LogP contribution in [-0.4, -0.2) is 34.3 Å². The fourth-order valence-electron chi connectivity index (χ4n) is 2.87. The summed E-state index contributed by atoms with van der Waals surface area (Å²) in [6.45, 7) is 9.05. The molecule has 1 heterocycles. The Labute approximate surface area is 134 Å². The molecule has 0 saturated carbocycles. The number of benzene rings is 1. The Morgan fingerprint density at radius 1 is 1.00 bits per heavy atom. The van der Waals surface area contributed by atoms with Crippen molar-refractivity contribution in [2.45, 2.75) is 52.5 Å². The second-order valence-corrected chi connectivity index (χ2v) is 6.03. The molecule has 0 saturated heterocycles. The van der Waals surface area contributed by atoms with Crippen LogP contribution in [0.3, 0.4) is 0 Å². The number of rotatable bonds is 10. The standard InChI is InChI=1S/C18H30N4/c1-3-5-12-21(13-6-4-2)14-9-15-22-17-11-8-7-10-16(17)18(19)20-22/h7-8,10-11H,3-6,9,12-15H2,1-2H3,(H2,19,20). The number of nitrogen functional groups attached to an aromatic ring is 1. The monoisotopic (exact) mass is 302 g/mol.